The average Bonchev–Trinajstić information content (AvgIpc) is 2.70. The van der Waals surface area contributed by atoms with Crippen molar-refractivity contribution in [1.82, 2.24) is 0 Å². The van der Waals surface area contributed by atoms with Gasteiger partial charge in [0.1, 0.15) is 0 Å². The van der Waals surface area contributed by atoms with E-state index in [1.165, 1.54) is 11.3 Å². The third kappa shape index (κ3) is 2.50. The van der Waals surface area contributed by atoms with Gasteiger partial charge >= 0.3 is 0 Å². The fourth-order valence-corrected chi connectivity index (χ4v) is 5.13. The minimum absolute atomic E-state index is 0.0288. The third-order valence-electron chi connectivity index (χ3n) is 2.49. The predicted molar refractivity (Wildman–Crippen MR) is 68.1 cm³/mol. The molecule has 0 aromatic carbocycles. The number of sulfone groups is 1. The van der Waals surface area contributed by atoms with Crippen LogP contribution in [0.15, 0.2) is 9.85 Å². The van der Waals surface area contributed by atoms with Crippen LogP contribution in [0.25, 0.3) is 0 Å². The van der Waals surface area contributed by atoms with Crippen molar-refractivity contribution in [1.29, 1.82) is 0 Å². The fourth-order valence-electron chi connectivity index (χ4n) is 1.67. The number of carbonyl (C=O) groups is 1. The molecule has 7 heteroatoms. The van der Waals surface area contributed by atoms with Crippen molar-refractivity contribution in [3.05, 3.63) is 19.8 Å². The molecular weight excluding hydrogens is 336 g/mol. The molecule has 0 spiro atoms. The summed E-state index contributed by atoms with van der Waals surface area (Å²) in [5.41, 5.74) is 0. The summed E-state index contributed by atoms with van der Waals surface area (Å²) in [4.78, 5) is 12.5. The summed E-state index contributed by atoms with van der Waals surface area (Å²) in [7, 11) is -3.01. The normalized spacial score (nSPS) is 23.5. The van der Waals surface area contributed by atoms with Gasteiger partial charge in [0.2, 0.25) is 0 Å². The molecule has 0 radical (unpaired) electrons. The molecule has 1 aromatic heterocycles. The first-order valence-corrected chi connectivity index (χ1v) is 8.39. The highest BCUT2D eigenvalue weighted by atomic mass is 79.9. The molecule has 1 saturated heterocycles. The first-order chi connectivity index (χ1) is 7.39. The second-order valence-electron chi connectivity index (χ2n) is 3.70. The lowest BCUT2D eigenvalue weighted by Crippen LogP contribution is -2.14. The van der Waals surface area contributed by atoms with Gasteiger partial charge in [-0.15, -0.1) is 11.3 Å². The third-order valence-corrected chi connectivity index (χ3v) is 6.75. The molecule has 0 saturated carbocycles. The molecule has 1 aliphatic rings. The van der Waals surface area contributed by atoms with Crippen LogP contribution in [0, 0.1) is 5.92 Å². The molecule has 0 aliphatic carbocycles. The lowest BCUT2D eigenvalue weighted by molar-refractivity contribution is 0.0937. The molecule has 1 fully saturated rings. The van der Waals surface area contributed by atoms with E-state index in [2.05, 4.69) is 15.9 Å². The van der Waals surface area contributed by atoms with Gasteiger partial charge in [0.25, 0.3) is 0 Å². The zero-order chi connectivity index (χ0) is 11.9. The quantitative estimate of drug-likeness (QED) is 0.776. The monoisotopic (exact) mass is 342 g/mol. The maximum Gasteiger partial charge on any atom is 0.176 e. The van der Waals surface area contributed by atoms with Crippen LogP contribution in [0.2, 0.25) is 5.02 Å². The van der Waals surface area contributed by atoms with Gasteiger partial charge < -0.3 is 0 Å². The molecule has 3 nitrogen and oxygen atoms in total. The molecule has 0 N–H and O–H groups in total. The van der Waals surface area contributed by atoms with Crippen LogP contribution >= 0.6 is 38.9 Å². The smallest absolute Gasteiger partial charge is 0.176 e. The summed E-state index contributed by atoms with van der Waals surface area (Å²) in [6, 6.07) is 1.59. The molecular formula is C9H8BrClO3S2. The lowest BCUT2D eigenvalue weighted by atomic mass is 10.0. The van der Waals surface area contributed by atoms with E-state index < -0.39 is 15.8 Å². The summed E-state index contributed by atoms with van der Waals surface area (Å²) < 4.78 is 23.2. The number of rotatable bonds is 2. The van der Waals surface area contributed by atoms with Gasteiger partial charge in [-0.3, -0.25) is 4.79 Å². The van der Waals surface area contributed by atoms with Crippen LogP contribution in [0.4, 0.5) is 0 Å². The highest BCUT2D eigenvalue weighted by Gasteiger charge is 2.34. The second-order valence-corrected chi connectivity index (χ2v) is 8.70. The van der Waals surface area contributed by atoms with Crippen molar-refractivity contribution in [3.63, 3.8) is 0 Å². The Labute approximate surface area is 111 Å². The Balaban J connectivity index is 2.21. The van der Waals surface area contributed by atoms with E-state index in [0.717, 1.165) is 0 Å². The highest BCUT2D eigenvalue weighted by Crippen LogP contribution is 2.34. The maximum absolute atomic E-state index is 12.0. The van der Waals surface area contributed by atoms with Crippen LogP contribution in [-0.2, 0) is 9.84 Å². The molecule has 16 heavy (non-hydrogen) atoms. The molecule has 1 aliphatic heterocycles. The minimum atomic E-state index is -3.01. The zero-order valence-electron chi connectivity index (χ0n) is 8.07. The van der Waals surface area contributed by atoms with Gasteiger partial charge in [-0.05, 0) is 28.4 Å². The topological polar surface area (TPSA) is 51.2 Å². The molecule has 1 aromatic rings. The molecule has 2 rings (SSSR count). The van der Waals surface area contributed by atoms with E-state index in [4.69, 9.17) is 11.6 Å². The highest BCUT2D eigenvalue weighted by molar-refractivity contribution is 9.11. The Bertz CT molecular complexity index is 515. The number of halogens is 2. The van der Waals surface area contributed by atoms with Crippen LogP contribution in [-0.4, -0.2) is 25.7 Å². The summed E-state index contributed by atoms with van der Waals surface area (Å²) in [6.07, 6.45) is 0.425. The van der Waals surface area contributed by atoms with Crippen molar-refractivity contribution < 1.29 is 13.2 Å². The van der Waals surface area contributed by atoms with E-state index in [0.29, 0.717) is 20.1 Å². The summed E-state index contributed by atoms with van der Waals surface area (Å²) in [5, 5.41) is 0.495. The standard InChI is InChI=1S/C9H8BrClO3S2/c10-9-6(11)3-7(15-9)8(12)5-1-2-16(13,14)4-5/h3,5H,1-2,4H2. The Morgan fingerprint density at radius 1 is 1.56 bits per heavy atom. The van der Waals surface area contributed by atoms with Crippen LogP contribution < -0.4 is 0 Å². The number of Topliss-reactive ketones (excluding diaryl/α,β-unsaturated/α-hetero) is 1. The molecule has 1 unspecified atom stereocenters. The van der Waals surface area contributed by atoms with Crippen molar-refractivity contribution in [2.24, 2.45) is 5.92 Å². The second kappa shape index (κ2) is 4.40. The Morgan fingerprint density at radius 3 is 2.69 bits per heavy atom. The Morgan fingerprint density at radius 2 is 2.25 bits per heavy atom. The van der Waals surface area contributed by atoms with E-state index in [1.54, 1.807) is 6.07 Å². The maximum atomic E-state index is 12.0. The lowest BCUT2D eigenvalue weighted by Gasteiger charge is -2.02. The van der Waals surface area contributed by atoms with Gasteiger partial charge in [0.15, 0.2) is 15.6 Å². The van der Waals surface area contributed by atoms with Gasteiger partial charge in [0.05, 0.1) is 25.2 Å². The van der Waals surface area contributed by atoms with E-state index in [1.807, 2.05) is 0 Å². The van der Waals surface area contributed by atoms with Crippen molar-refractivity contribution in [2.75, 3.05) is 11.5 Å². The van der Waals surface area contributed by atoms with Crippen LogP contribution in [0.1, 0.15) is 16.1 Å². The Hall–Kier alpha value is 0.0900. The summed E-state index contributed by atoms with van der Waals surface area (Å²) in [6.45, 7) is 0. The van der Waals surface area contributed by atoms with Gasteiger partial charge in [-0.2, -0.15) is 0 Å². The van der Waals surface area contributed by atoms with Crippen LogP contribution in [0.3, 0.4) is 0 Å². The average molecular weight is 344 g/mol. The number of hydrogen-bond acceptors (Lipinski definition) is 4. The van der Waals surface area contributed by atoms with Crippen molar-refractivity contribution in [2.45, 2.75) is 6.42 Å². The van der Waals surface area contributed by atoms with Crippen molar-refractivity contribution >= 4 is 54.5 Å². The number of ketones is 1. The van der Waals surface area contributed by atoms with E-state index in [-0.39, 0.29) is 17.3 Å². The van der Waals surface area contributed by atoms with Crippen molar-refractivity contribution in [3.8, 4) is 0 Å². The number of hydrogen-bond donors (Lipinski definition) is 0. The van der Waals surface area contributed by atoms with Gasteiger partial charge in [-0.25, -0.2) is 8.42 Å². The summed E-state index contributed by atoms with van der Waals surface area (Å²) in [5.74, 6) is -0.423. The minimum Gasteiger partial charge on any atom is -0.293 e. The molecule has 0 amide bonds. The summed E-state index contributed by atoms with van der Waals surface area (Å²) >= 11 is 10.3. The first kappa shape index (κ1) is 12.5. The first-order valence-electron chi connectivity index (χ1n) is 4.58. The van der Waals surface area contributed by atoms with Crippen LogP contribution in [0.5, 0.6) is 0 Å². The molecule has 1 atom stereocenters. The molecule has 88 valence electrons. The zero-order valence-corrected chi connectivity index (χ0v) is 12.0. The SMILES string of the molecule is O=C(c1cc(Cl)c(Br)s1)C1CCS(=O)(=O)C1. The van der Waals surface area contributed by atoms with Gasteiger partial charge in [-0.1, -0.05) is 11.6 Å². The number of thiophene rings is 1. The largest absolute Gasteiger partial charge is 0.293 e. The van der Waals surface area contributed by atoms with Gasteiger partial charge in [0, 0.05) is 5.92 Å². The molecule has 0 bridgehead atoms. The predicted octanol–water partition coefficient (Wildman–Crippen LogP) is 2.78. The van der Waals surface area contributed by atoms with E-state index >= 15 is 0 Å². The Kier molecular flexibility index (Phi) is 3.45. The number of carbonyl (C=O) groups excluding carboxylic acids is 1. The molecule has 2 heterocycles. The fraction of sp³-hybridized carbons (Fsp3) is 0.444. The van der Waals surface area contributed by atoms with E-state index in [9.17, 15) is 13.2 Å².